The molecule has 0 aliphatic carbocycles. The second kappa shape index (κ2) is 6.29. The summed E-state index contributed by atoms with van der Waals surface area (Å²) >= 11 is 5.95. The van der Waals surface area contributed by atoms with E-state index in [4.69, 9.17) is 11.6 Å². The van der Waals surface area contributed by atoms with Crippen LogP contribution in [0.25, 0.3) is 22.3 Å². The number of benzene rings is 2. The molecule has 5 nitrogen and oxygen atoms in total. The van der Waals surface area contributed by atoms with Gasteiger partial charge in [-0.05, 0) is 28.3 Å². The lowest BCUT2D eigenvalue weighted by Crippen LogP contribution is -2.05. The molecule has 0 aliphatic rings. The highest BCUT2D eigenvalue weighted by molar-refractivity contribution is 6.28. The minimum Gasteiger partial charge on any atom is -0.363 e. The second-order valence-electron chi connectivity index (χ2n) is 5.41. The van der Waals surface area contributed by atoms with Gasteiger partial charge in [0.15, 0.2) is 12.1 Å². The molecular formula is C18H15ClN5+. The van der Waals surface area contributed by atoms with Crippen molar-refractivity contribution in [3.63, 3.8) is 0 Å². The van der Waals surface area contributed by atoms with Crippen LogP contribution in [0.2, 0.25) is 5.28 Å². The Kier molecular flexibility index (Phi) is 3.84. The number of nitrogens with zero attached hydrogens (tertiary/aromatic N) is 2. The van der Waals surface area contributed by atoms with Gasteiger partial charge in [0.2, 0.25) is 5.52 Å². The van der Waals surface area contributed by atoms with Gasteiger partial charge < -0.3 is 5.32 Å². The quantitative estimate of drug-likeness (QED) is 0.558. The maximum Gasteiger partial charge on any atom is 0.306 e. The molecule has 0 spiro atoms. The van der Waals surface area contributed by atoms with Gasteiger partial charge in [-0.2, -0.15) is 4.98 Å². The van der Waals surface area contributed by atoms with Gasteiger partial charge in [0.05, 0.1) is 0 Å². The molecule has 0 saturated heterocycles. The Hall–Kier alpha value is -2.92. The van der Waals surface area contributed by atoms with Crippen molar-refractivity contribution in [2.45, 2.75) is 6.54 Å². The molecule has 4 rings (SSSR count). The number of H-pyrrole nitrogens is 2. The van der Waals surface area contributed by atoms with E-state index in [1.807, 2.05) is 18.2 Å². The zero-order chi connectivity index (χ0) is 16.4. The van der Waals surface area contributed by atoms with E-state index >= 15 is 0 Å². The van der Waals surface area contributed by atoms with Crippen LogP contribution in [0.4, 0.5) is 5.82 Å². The summed E-state index contributed by atoms with van der Waals surface area (Å²) < 4.78 is 0. The van der Waals surface area contributed by atoms with E-state index in [0.717, 1.165) is 11.1 Å². The van der Waals surface area contributed by atoms with Crippen molar-refractivity contribution in [3.8, 4) is 11.1 Å². The zero-order valence-electron chi connectivity index (χ0n) is 12.8. The van der Waals surface area contributed by atoms with Gasteiger partial charge in [-0.3, -0.25) is 4.98 Å². The summed E-state index contributed by atoms with van der Waals surface area (Å²) in [7, 11) is 0. The number of anilines is 1. The van der Waals surface area contributed by atoms with Crippen LogP contribution in [-0.2, 0) is 6.54 Å². The molecule has 24 heavy (non-hydrogen) atoms. The number of halogens is 1. The van der Waals surface area contributed by atoms with E-state index < -0.39 is 0 Å². The summed E-state index contributed by atoms with van der Waals surface area (Å²) in [5.74, 6) is 0.679. The van der Waals surface area contributed by atoms with Crippen LogP contribution >= 0.6 is 11.6 Å². The molecule has 0 aliphatic heterocycles. The standard InChI is InChI=1S/C18H14ClN5/c19-18-23-16(15-17(24-18)22-11-21-15)20-10-12-6-8-14(9-7-12)13-4-2-1-3-5-13/h1-9,11H,10H2,(H2,20,21,22,23,24)/p+1. The lowest BCUT2D eigenvalue weighted by molar-refractivity contribution is -0.347. The molecule has 0 unspecified atom stereocenters. The number of imidazole rings is 1. The van der Waals surface area contributed by atoms with Crippen LogP contribution in [-0.4, -0.2) is 15.0 Å². The van der Waals surface area contributed by atoms with Crippen LogP contribution in [0.15, 0.2) is 60.9 Å². The molecule has 0 radical (unpaired) electrons. The number of aromatic nitrogens is 4. The van der Waals surface area contributed by atoms with E-state index in [1.165, 1.54) is 11.1 Å². The molecule has 6 heteroatoms. The molecular weight excluding hydrogens is 322 g/mol. The number of fused-ring (bicyclic) bond motifs is 1. The Labute approximate surface area is 143 Å². The van der Waals surface area contributed by atoms with Crippen molar-refractivity contribution in [1.29, 1.82) is 0 Å². The van der Waals surface area contributed by atoms with Gasteiger partial charge in [-0.15, -0.1) is 0 Å². The third-order valence-electron chi connectivity index (χ3n) is 3.83. The van der Waals surface area contributed by atoms with E-state index in [0.29, 0.717) is 18.0 Å². The lowest BCUT2D eigenvalue weighted by atomic mass is 10.0. The molecule has 2 aromatic heterocycles. The van der Waals surface area contributed by atoms with Crippen LogP contribution in [0.1, 0.15) is 5.56 Å². The van der Waals surface area contributed by atoms with Crippen molar-refractivity contribution >= 4 is 28.6 Å². The predicted octanol–water partition coefficient (Wildman–Crippen LogP) is 3.70. The van der Waals surface area contributed by atoms with E-state index in [9.17, 15) is 0 Å². The van der Waals surface area contributed by atoms with Crippen LogP contribution in [0, 0.1) is 0 Å². The maximum absolute atomic E-state index is 5.95. The number of hydrogen-bond acceptors (Lipinski definition) is 3. The minimum absolute atomic E-state index is 0.209. The highest BCUT2D eigenvalue weighted by Gasteiger charge is 2.14. The Bertz CT molecular complexity index is 964. The average molecular weight is 337 g/mol. The first-order chi connectivity index (χ1) is 11.8. The summed E-state index contributed by atoms with van der Waals surface area (Å²) in [5, 5.41) is 3.51. The highest BCUT2D eigenvalue weighted by Crippen LogP contribution is 2.21. The highest BCUT2D eigenvalue weighted by atomic mass is 35.5. The Balaban J connectivity index is 1.52. The Morgan fingerprint density at radius 1 is 0.958 bits per heavy atom. The van der Waals surface area contributed by atoms with Gasteiger partial charge in [-0.1, -0.05) is 59.6 Å². The molecule has 0 saturated carbocycles. The Morgan fingerprint density at radius 2 is 1.71 bits per heavy atom. The molecule has 0 atom stereocenters. The molecule has 3 N–H and O–H groups in total. The molecule has 2 heterocycles. The first-order valence-corrected chi connectivity index (χ1v) is 7.98. The smallest absolute Gasteiger partial charge is 0.306 e. The van der Waals surface area contributed by atoms with Gasteiger partial charge in [0.1, 0.15) is 0 Å². The van der Waals surface area contributed by atoms with E-state index in [2.05, 4.69) is 61.7 Å². The van der Waals surface area contributed by atoms with Gasteiger partial charge >= 0.3 is 10.9 Å². The summed E-state index contributed by atoms with van der Waals surface area (Å²) in [4.78, 5) is 14.4. The fourth-order valence-corrected chi connectivity index (χ4v) is 2.78. The molecule has 2 aromatic carbocycles. The van der Waals surface area contributed by atoms with Crippen molar-refractivity contribution in [2.75, 3.05) is 5.32 Å². The molecule has 118 valence electrons. The average Bonchev–Trinajstić information content (AvgIpc) is 3.09. The Morgan fingerprint density at radius 3 is 2.50 bits per heavy atom. The third-order valence-corrected chi connectivity index (χ3v) is 4.00. The molecule has 0 fully saturated rings. The van der Waals surface area contributed by atoms with Crippen molar-refractivity contribution in [3.05, 3.63) is 71.8 Å². The largest absolute Gasteiger partial charge is 0.363 e. The van der Waals surface area contributed by atoms with Crippen LogP contribution in [0.5, 0.6) is 0 Å². The monoisotopic (exact) mass is 336 g/mol. The first-order valence-electron chi connectivity index (χ1n) is 7.60. The summed E-state index contributed by atoms with van der Waals surface area (Å²) in [6.45, 7) is 0.649. The normalized spacial score (nSPS) is 10.9. The number of aromatic amines is 2. The van der Waals surface area contributed by atoms with Crippen LogP contribution < -0.4 is 10.3 Å². The predicted molar refractivity (Wildman–Crippen MR) is 94.7 cm³/mol. The fourth-order valence-electron chi connectivity index (χ4n) is 2.61. The fraction of sp³-hybridized carbons (Fsp3) is 0.0556. The number of nitrogens with one attached hydrogen (secondary N) is 3. The first kappa shape index (κ1) is 14.7. The SMILES string of the molecule is Clc1nc(NCc2ccc(-c3ccccc3)cc2)c2[nH]c[nH+]c2n1. The summed E-state index contributed by atoms with van der Waals surface area (Å²) in [6.07, 6.45) is 1.70. The molecule has 4 aromatic rings. The number of hydrogen-bond donors (Lipinski definition) is 2. The number of rotatable bonds is 4. The lowest BCUT2D eigenvalue weighted by Gasteiger charge is -2.07. The maximum atomic E-state index is 5.95. The van der Waals surface area contributed by atoms with Crippen LogP contribution in [0.3, 0.4) is 0 Å². The third kappa shape index (κ3) is 2.94. The summed E-state index contributed by atoms with van der Waals surface area (Å²) in [5.41, 5.74) is 5.05. The van der Waals surface area contributed by atoms with Gasteiger partial charge in [-0.25, -0.2) is 4.98 Å². The minimum atomic E-state index is 0.209. The molecule has 0 amide bonds. The van der Waals surface area contributed by atoms with Crippen molar-refractivity contribution < 1.29 is 4.98 Å². The topological polar surface area (TPSA) is 67.7 Å². The van der Waals surface area contributed by atoms with Crippen molar-refractivity contribution in [2.24, 2.45) is 0 Å². The van der Waals surface area contributed by atoms with E-state index in [-0.39, 0.29) is 5.28 Å². The molecule has 0 bridgehead atoms. The van der Waals surface area contributed by atoms with Crippen molar-refractivity contribution in [1.82, 2.24) is 15.0 Å². The zero-order valence-corrected chi connectivity index (χ0v) is 13.5. The second-order valence-corrected chi connectivity index (χ2v) is 5.75. The van der Waals surface area contributed by atoms with E-state index in [1.54, 1.807) is 6.33 Å². The van der Waals surface area contributed by atoms with Gasteiger partial charge in [0, 0.05) is 6.54 Å². The van der Waals surface area contributed by atoms with Gasteiger partial charge in [0.25, 0.3) is 0 Å². The summed E-state index contributed by atoms with van der Waals surface area (Å²) in [6, 6.07) is 18.8.